The van der Waals surface area contributed by atoms with Crippen molar-refractivity contribution < 1.29 is 0 Å². The second-order valence-corrected chi connectivity index (χ2v) is 6.15. The van der Waals surface area contributed by atoms with Gasteiger partial charge in [0.2, 0.25) is 0 Å². The third-order valence-electron chi connectivity index (χ3n) is 1.83. The van der Waals surface area contributed by atoms with Gasteiger partial charge in [-0.1, -0.05) is 0 Å². The molecule has 0 aromatic heterocycles. The number of hydrogen-bond acceptors (Lipinski definition) is 1. The van der Waals surface area contributed by atoms with Crippen molar-refractivity contribution in [3.63, 3.8) is 0 Å². The van der Waals surface area contributed by atoms with E-state index in [2.05, 4.69) is 50.3 Å². The zero-order valence-corrected chi connectivity index (χ0v) is 11.6. The summed E-state index contributed by atoms with van der Waals surface area (Å²) in [6.07, 6.45) is 5.16. The van der Waals surface area contributed by atoms with Crippen LogP contribution in [0.4, 0.5) is 0 Å². The van der Waals surface area contributed by atoms with Crippen LogP contribution in [0.25, 0.3) is 0 Å². The van der Waals surface area contributed by atoms with Crippen molar-refractivity contribution in [2.45, 2.75) is 39.5 Å². The van der Waals surface area contributed by atoms with E-state index in [4.69, 9.17) is 0 Å². The van der Waals surface area contributed by atoms with Gasteiger partial charge in [0.1, 0.15) is 0 Å². The third-order valence-corrected chi connectivity index (χ3v) is 2.97. The van der Waals surface area contributed by atoms with Crippen LogP contribution < -0.4 is 0 Å². The summed E-state index contributed by atoms with van der Waals surface area (Å²) in [5, 5.41) is 0. The molecule has 0 atom stereocenters. The summed E-state index contributed by atoms with van der Waals surface area (Å²) in [4.78, 5) is 2.42. The van der Waals surface area contributed by atoms with Crippen molar-refractivity contribution >= 4 is 35.0 Å². The molecule has 0 amide bonds. The SMILES string of the molecule is CCCCN(CCCC)C(=[Se])[SeH]. The quantitative estimate of drug-likeness (QED) is 0.635. The van der Waals surface area contributed by atoms with Gasteiger partial charge in [0.05, 0.1) is 0 Å². The molecule has 1 nitrogen and oxygen atoms in total. The van der Waals surface area contributed by atoms with Gasteiger partial charge in [-0.2, -0.15) is 0 Å². The van der Waals surface area contributed by atoms with Crippen LogP contribution in [0.3, 0.4) is 0 Å². The molecule has 0 bridgehead atoms. The fraction of sp³-hybridized carbons (Fsp3) is 0.889. The van der Waals surface area contributed by atoms with E-state index in [0.29, 0.717) is 0 Å². The maximum absolute atomic E-state index is 3.07. The zero-order valence-electron chi connectivity index (χ0n) is 8.05. The Hall–Kier alpha value is 0.709. The van der Waals surface area contributed by atoms with Crippen LogP contribution in [-0.4, -0.2) is 53.0 Å². The van der Waals surface area contributed by atoms with E-state index < -0.39 is 0 Å². The van der Waals surface area contributed by atoms with Crippen LogP contribution in [0.5, 0.6) is 0 Å². The summed E-state index contributed by atoms with van der Waals surface area (Å²) in [6.45, 7) is 6.88. The summed E-state index contributed by atoms with van der Waals surface area (Å²) < 4.78 is 1.28. The first-order chi connectivity index (χ1) is 5.72. The Morgan fingerprint density at radius 2 is 1.58 bits per heavy atom. The predicted molar refractivity (Wildman–Crippen MR) is 59.3 cm³/mol. The van der Waals surface area contributed by atoms with E-state index in [1.54, 1.807) is 0 Å². The molecule has 0 aromatic rings. The van der Waals surface area contributed by atoms with Crippen LogP contribution >= 0.6 is 0 Å². The van der Waals surface area contributed by atoms with Gasteiger partial charge < -0.3 is 0 Å². The molecule has 0 aliphatic rings. The average molecular weight is 299 g/mol. The molecular weight excluding hydrogens is 280 g/mol. The van der Waals surface area contributed by atoms with Gasteiger partial charge in [-0.25, -0.2) is 0 Å². The second-order valence-electron chi connectivity index (χ2n) is 2.98. The van der Waals surface area contributed by atoms with Crippen molar-refractivity contribution in [1.82, 2.24) is 4.90 Å². The molecule has 0 aliphatic heterocycles. The average Bonchev–Trinajstić information content (AvgIpc) is 2.04. The van der Waals surface area contributed by atoms with E-state index in [1.165, 1.54) is 42.2 Å². The number of rotatable bonds is 7. The number of nitrogens with zero attached hydrogens (tertiary/aromatic N) is 1. The molecule has 0 N–H and O–H groups in total. The van der Waals surface area contributed by atoms with Gasteiger partial charge in [0, 0.05) is 0 Å². The monoisotopic (exact) mass is 301 g/mol. The Morgan fingerprint density at radius 3 is 1.83 bits per heavy atom. The van der Waals surface area contributed by atoms with Crippen molar-refractivity contribution in [2.24, 2.45) is 0 Å². The molecule has 0 radical (unpaired) electrons. The predicted octanol–water partition coefficient (Wildman–Crippen LogP) is 1.05. The van der Waals surface area contributed by atoms with Crippen molar-refractivity contribution in [3.8, 4) is 0 Å². The van der Waals surface area contributed by atoms with Gasteiger partial charge in [-0.05, 0) is 0 Å². The molecule has 0 heterocycles. The first kappa shape index (κ1) is 12.7. The summed E-state index contributed by atoms with van der Waals surface area (Å²) in [6, 6.07) is 0. The van der Waals surface area contributed by atoms with Crippen LogP contribution in [-0.2, 0) is 0 Å². The minimum atomic E-state index is 1.20. The minimum absolute atomic E-state index is 1.20. The normalized spacial score (nSPS) is 9.92. The molecule has 0 fully saturated rings. The Labute approximate surface area is 92.5 Å². The van der Waals surface area contributed by atoms with E-state index in [-0.39, 0.29) is 0 Å². The maximum atomic E-state index is 3.07. The van der Waals surface area contributed by atoms with E-state index >= 15 is 0 Å². The zero-order chi connectivity index (χ0) is 9.40. The molecule has 0 spiro atoms. The summed E-state index contributed by atoms with van der Waals surface area (Å²) in [5.41, 5.74) is 0. The third kappa shape index (κ3) is 6.25. The number of unbranched alkanes of at least 4 members (excludes halogenated alkanes) is 2. The molecular formula is C9H19NSe2. The van der Waals surface area contributed by atoms with E-state index in [1.807, 2.05) is 0 Å². The van der Waals surface area contributed by atoms with Crippen molar-refractivity contribution in [2.75, 3.05) is 13.1 Å². The van der Waals surface area contributed by atoms with Crippen molar-refractivity contribution in [3.05, 3.63) is 0 Å². The molecule has 0 aromatic carbocycles. The van der Waals surface area contributed by atoms with Gasteiger partial charge in [0.25, 0.3) is 0 Å². The summed E-state index contributed by atoms with van der Waals surface area (Å²) in [7, 11) is 0. The molecule has 3 heteroatoms. The Bertz CT molecular complexity index is 118. The molecule has 0 rings (SSSR count). The van der Waals surface area contributed by atoms with Crippen LogP contribution in [0.15, 0.2) is 0 Å². The van der Waals surface area contributed by atoms with Gasteiger partial charge in [0.15, 0.2) is 0 Å². The second kappa shape index (κ2) is 8.31. The van der Waals surface area contributed by atoms with E-state index in [0.717, 1.165) is 0 Å². The van der Waals surface area contributed by atoms with Gasteiger partial charge in [-0.15, -0.1) is 0 Å². The van der Waals surface area contributed by atoms with Crippen LogP contribution in [0.2, 0.25) is 0 Å². The molecule has 0 unspecified atom stereocenters. The Morgan fingerprint density at radius 1 is 1.17 bits per heavy atom. The van der Waals surface area contributed by atoms with Crippen molar-refractivity contribution in [1.29, 1.82) is 0 Å². The van der Waals surface area contributed by atoms with Crippen LogP contribution in [0.1, 0.15) is 39.5 Å². The first-order valence-corrected chi connectivity index (χ1v) is 6.49. The molecule has 72 valence electrons. The topological polar surface area (TPSA) is 3.24 Å². The standard InChI is InChI=1S/C9H19NSe2/c1-3-5-7-10(9(11)12)8-6-4-2/h3-8H2,1-2H3,(H,11,12). The fourth-order valence-corrected chi connectivity index (χ4v) is 1.80. The fourth-order valence-electron chi connectivity index (χ4n) is 1.00. The molecule has 0 saturated carbocycles. The summed E-state index contributed by atoms with van der Waals surface area (Å²) in [5.74, 6) is 0. The molecule has 12 heavy (non-hydrogen) atoms. The van der Waals surface area contributed by atoms with Crippen LogP contribution in [0, 0.1) is 0 Å². The first-order valence-electron chi connectivity index (χ1n) is 4.70. The Balaban J connectivity index is 3.62. The van der Waals surface area contributed by atoms with E-state index in [9.17, 15) is 0 Å². The van der Waals surface area contributed by atoms with Gasteiger partial charge in [-0.3, -0.25) is 0 Å². The Kier molecular flexibility index (Phi) is 8.80. The molecule has 0 aliphatic carbocycles. The number of hydrogen-bond donors (Lipinski definition) is 0. The van der Waals surface area contributed by atoms with Gasteiger partial charge >= 0.3 is 92.5 Å². The molecule has 0 saturated heterocycles. The summed E-state index contributed by atoms with van der Waals surface area (Å²) >= 11 is 5.67.